The SMILES string of the molecule is Cc1ccc(S(=O)(=O)NCCCn2nc(C(F)(F)F)cc2C2CC2)cc1C. The van der Waals surface area contributed by atoms with E-state index >= 15 is 0 Å². The molecule has 1 aliphatic carbocycles. The molecule has 0 amide bonds. The van der Waals surface area contributed by atoms with Crippen molar-refractivity contribution in [3.8, 4) is 0 Å². The van der Waals surface area contributed by atoms with Crippen LogP contribution in [0.1, 0.15) is 47.7 Å². The highest BCUT2D eigenvalue weighted by Gasteiger charge is 2.37. The van der Waals surface area contributed by atoms with Gasteiger partial charge < -0.3 is 0 Å². The molecule has 1 aromatic carbocycles. The Morgan fingerprint density at radius 1 is 1.19 bits per heavy atom. The van der Waals surface area contributed by atoms with E-state index in [9.17, 15) is 21.6 Å². The molecule has 3 rings (SSSR count). The molecule has 2 aromatic rings. The van der Waals surface area contributed by atoms with Crippen LogP contribution in [-0.2, 0) is 22.7 Å². The van der Waals surface area contributed by atoms with Gasteiger partial charge in [0.25, 0.3) is 0 Å². The summed E-state index contributed by atoms with van der Waals surface area (Å²) in [7, 11) is -3.65. The van der Waals surface area contributed by atoms with Crippen LogP contribution < -0.4 is 4.72 Å². The third kappa shape index (κ3) is 4.70. The van der Waals surface area contributed by atoms with Gasteiger partial charge in [-0.15, -0.1) is 0 Å². The Balaban J connectivity index is 1.61. The molecule has 27 heavy (non-hydrogen) atoms. The van der Waals surface area contributed by atoms with Crippen LogP contribution in [0.4, 0.5) is 13.2 Å². The van der Waals surface area contributed by atoms with Crippen LogP contribution in [-0.4, -0.2) is 24.7 Å². The van der Waals surface area contributed by atoms with Crippen molar-refractivity contribution < 1.29 is 21.6 Å². The lowest BCUT2D eigenvalue weighted by Gasteiger charge is -2.10. The molecule has 0 aliphatic heterocycles. The molecule has 1 aliphatic rings. The summed E-state index contributed by atoms with van der Waals surface area (Å²) in [5.41, 5.74) is 1.57. The smallest absolute Gasteiger partial charge is 0.269 e. The maximum absolute atomic E-state index is 12.9. The lowest BCUT2D eigenvalue weighted by Crippen LogP contribution is -2.26. The number of hydrogen-bond acceptors (Lipinski definition) is 3. The first-order valence-electron chi connectivity index (χ1n) is 8.80. The molecule has 1 heterocycles. The first-order chi connectivity index (χ1) is 12.6. The number of aromatic nitrogens is 2. The van der Waals surface area contributed by atoms with Crippen molar-refractivity contribution in [2.24, 2.45) is 0 Å². The predicted molar refractivity (Wildman–Crippen MR) is 94.9 cm³/mol. The molecule has 1 fully saturated rings. The molecule has 5 nitrogen and oxygen atoms in total. The van der Waals surface area contributed by atoms with Crippen LogP contribution in [0, 0.1) is 13.8 Å². The number of nitrogens with zero attached hydrogens (tertiary/aromatic N) is 2. The van der Waals surface area contributed by atoms with Gasteiger partial charge in [0.2, 0.25) is 10.0 Å². The molecule has 0 spiro atoms. The molecular weight excluding hydrogens is 379 g/mol. The van der Waals surface area contributed by atoms with E-state index in [1.807, 2.05) is 13.8 Å². The second-order valence-corrected chi connectivity index (χ2v) is 8.71. The fourth-order valence-electron chi connectivity index (χ4n) is 2.86. The van der Waals surface area contributed by atoms with E-state index in [1.54, 1.807) is 18.2 Å². The third-order valence-corrected chi connectivity index (χ3v) is 6.18. The van der Waals surface area contributed by atoms with Crippen molar-refractivity contribution in [1.29, 1.82) is 0 Å². The molecule has 0 atom stereocenters. The molecule has 0 saturated heterocycles. The van der Waals surface area contributed by atoms with Crippen molar-refractivity contribution in [2.75, 3.05) is 6.54 Å². The zero-order valence-corrected chi connectivity index (χ0v) is 16.0. The van der Waals surface area contributed by atoms with Gasteiger partial charge in [-0.1, -0.05) is 6.07 Å². The van der Waals surface area contributed by atoms with Crippen LogP contribution in [0.25, 0.3) is 0 Å². The fraction of sp³-hybridized carbons (Fsp3) is 0.500. The highest BCUT2D eigenvalue weighted by atomic mass is 32.2. The minimum atomic E-state index is -4.47. The van der Waals surface area contributed by atoms with E-state index in [0.717, 1.165) is 30.0 Å². The van der Waals surface area contributed by atoms with E-state index in [1.165, 1.54) is 4.68 Å². The lowest BCUT2D eigenvalue weighted by molar-refractivity contribution is -0.141. The van der Waals surface area contributed by atoms with Gasteiger partial charge in [0.15, 0.2) is 5.69 Å². The zero-order chi connectivity index (χ0) is 19.8. The van der Waals surface area contributed by atoms with E-state index in [2.05, 4.69) is 9.82 Å². The van der Waals surface area contributed by atoms with Crippen LogP contribution in [0.2, 0.25) is 0 Å². The lowest BCUT2D eigenvalue weighted by atomic mass is 10.1. The minimum absolute atomic E-state index is 0.126. The number of aryl methyl sites for hydroxylation is 3. The highest BCUT2D eigenvalue weighted by molar-refractivity contribution is 7.89. The average molecular weight is 401 g/mol. The van der Waals surface area contributed by atoms with E-state index in [0.29, 0.717) is 12.1 Å². The molecule has 1 saturated carbocycles. The summed E-state index contributed by atoms with van der Waals surface area (Å²) in [6, 6.07) is 6.00. The van der Waals surface area contributed by atoms with Crippen LogP contribution >= 0.6 is 0 Å². The minimum Gasteiger partial charge on any atom is -0.269 e. The molecule has 0 unspecified atom stereocenters. The topological polar surface area (TPSA) is 64.0 Å². The van der Waals surface area contributed by atoms with Gasteiger partial charge in [0.1, 0.15) is 0 Å². The number of hydrogen-bond donors (Lipinski definition) is 1. The molecule has 0 bridgehead atoms. The first kappa shape index (κ1) is 19.9. The molecule has 9 heteroatoms. The fourth-order valence-corrected chi connectivity index (χ4v) is 4.02. The van der Waals surface area contributed by atoms with Crippen molar-refractivity contribution in [1.82, 2.24) is 14.5 Å². The van der Waals surface area contributed by atoms with Gasteiger partial charge in [0, 0.05) is 24.7 Å². The number of rotatable bonds is 7. The summed E-state index contributed by atoms with van der Waals surface area (Å²) in [6.07, 6.45) is -2.40. The third-order valence-electron chi connectivity index (χ3n) is 4.72. The molecule has 0 radical (unpaired) electrons. The van der Waals surface area contributed by atoms with Crippen LogP contribution in [0.3, 0.4) is 0 Å². The van der Waals surface area contributed by atoms with Gasteiger partial charge >= 0.3 is 6.18 Å². The Bertz CT molecular complexity index is 932. The second-order valence-electron chi connectivity index (χ2n) is 6.95. The van der Waals surface area contributed by atoms with Crippen molar-refractivity contribution in [3.05, 3.63) is 46.8 Å². The van der Waals surface area contributed by atoms with Crippen LogP contribution in [0.15, 0.2) is 29.2 Å². The first-order valence-corrected chi connectivity index (χ1v) is 10.3. The Hall–Kier alpha value is -1.87. The average Bonchev–Trinajstić information content (AvgIpc) is 3.32. The van der Waals surface area contributed by atoms with E-state index < -0.39 is 21.9 Å². The molecule has 1 aromatic heterocycles. The Kier molecular flexibility index (Phi) is 5.36. The maximum Gasteiger partial charge on any atom is 0.435 e. The Labute approximate surface area is 156 Å². The summed E-state index contributed by atoms with van der Waals surface area (Å²) in [5.74, 6) is 0.126. The number of sulfonamides is 1. The van der Waals surface area contributed by atoms with E-state index in [-0.39, 0.29) is 23.9 Å². The van der Waals surface area contributed by atoms with Crippen molar-refractivity contribution >= 4 is 10.0 Å². The number of halogens is 3. The van der Waals surface area contributed by atoms with E-state index in [4.69, 9.17) is 0 Å². The normalized spacial score (nSPS) is 15.3. The van der Waals surface area contributed by atoms with Crippen LogP contribution in [0.5, 0.6) is 0 Å². The maximum atomic E-state index is 12.9. The number of alkyl halides is 3. The van der Waals surface area contributed by atoms with Gasteiger partial charge in [-0.25, -0.2) is 13.1 Å². The van der Waals surface area contributed by atoms with Gasteiger partial charge in [-0.05, 0) is 62.4 Å². The summed E-state index contributed by atoms with van der Waals surface area (Å²) in [6.45, 7) is 4.09. The molecule has 1 N–H and O–H groups in total. The quantitative estimate of drug-likeness (QED) is 0.719. The second kappa shape index (κ2) is 7.27. The van der Waals surface area contributed by atoms with Gasteiger partial charge in [-0.2, -0.15) is 18.3 Å². The van der Waals surface area contributed by atoms with Gasteiger partial charge in [0.05, 0.1) is 4.90 Å². The predicted octanol–water partition coefficient (Wildman–Crippen LogP) is 3.76. The molecular formula is C18H22F3N3O2S. The summed E-state index contributed by atoms with van der Waals surface area (Å²) >= 11 is 0. The largest absolute Gasteiger partial charge is 0.435 e. The number of benzene rings is 1. The summed E-state index contributed by atoms with van der Waals surface area (Å²) < 4.78 is 67.2. The zero-order valence-electron chi connectivity index (χ0n) is 15.2. The summed E-state index contributed by atoms with van der Waals surface area (Å²) in [4.78, 5) is 0.183. The highest BCUT2D eigenvalue weighted by Crippen LogP contribution is 2.42. The monoisotopic (exact) mass is 401 g/mol. The summed E-state index contributed by atoms with van der Waals surface area (Å²) in [5, 5.41) is 3.67. The Morgan fingerprint density at radius 2 is 1.89 bits per heavy atom. The Morgan fingerprint density at radius 3 is 2.48 bits per heavy atom. The van der Waals surface area contributed by atoms with Gasteiger partial charge in [-0.3, -0.25) is 4.68 Å². The number of nitrogens with one attached hydrogen (secondary N) is 1. The molecule has 148 valence electrons. The standard InChI is InChI=1S/C18H22F3N3O2S/c1-12-4-7-15(10-13(12)2)27(25,26)22-8-3-9-24-16(14-5-6-14)11-17(23-24)18(19,20)21/h4,7,10-11,14,22H,3,5-6,8-9H2,1-2H3. The van der Waals surface area contributed by atoms with Crippen molar-refractivity contribution in [2.45, 2.75) is 56.6 Å². The van der Waals surface area contributed by atoms with Crippen molar-refractivity contribution in [3.63, 3.8) is 0 Å².